The van der Waals surface area contributed by atoms with E-state index in [0.29, 0.717) is 0 Å². The van der Waals surface area contributed by atoms with Crippen molar-refractivity contribution in [1.82, 2.24) is 10.3 Å². The number of allylic oxidation sites excluding steroid dienone is 1. The van der Waals surface area contributed by atoms with Gasteiger partial charge >= 0.3 is 0 Å². The minimum atomic E-state index is 0.274. The molecule has 1 aromatic heterocycles. The van der Waals surface area contributed by atoms with E-state index in [1.54, 1.807) is 0 Å². The first-order chi connectivity index (χ1) is 8.33. The molecule has 0 fully saturated rings. The number of likely N-dealkylation sites (N-methyl/N-ethyl adjacent to an activating group) is 1. The van der Waals surface area contributed by atoms with Crippen LogP contribution in [-0.4, -0.2) is 11.5 Å². The molecular weight excluding hydrogens is 276 g/mol. The second-order valence-electron chi connectivity index (χ2n) is 4.39. The number of aromatic nitrogens is 1. The van der Waals surface area contributed by atoms with Crippen molar-refractivity contribution in [2.24, 2.45) is 0 Å². The number of nitrogens with one attached hydrogen (secondary N) is 1. The van der Waals surface area contributed by atoms with E-state index >= 15 is 0 Å². The zero-order valence-corrected chi connectivity index (χ0v) is 11.8. The van der Waals surface area contributed by atoms with Crippen LogP contribution in [-0.2, 0) is 0 Å². The van der Waals surface area contributed by atoms with Crippen LogP contribution < -0.4 is 5.32 Å². The van der Waals surface area contributed by atoms with Gasteiger partial charge in [0.05, 0.1) is 11.7 Å². The van der Waals surface area contributed by atoms with Crippen molar-refractivity contribution >= 4 is 15.9 Å². The molecule has 0 aliphatic heterocycles. The molecule has 0 spiro atoms. The van der Waals surface area contributed by atoms with Crippen LogP contribution in [0.5, 0.6) is 0 Å². The summed E-state index contributed by atoms with van der Waals surface area (Å²) >= 11 is 3.60. The van der Waals surface area contributed by atoms with Crippen LogP contribution in [0.2, 0.25) is 0 Å². The number of nitrogens with zero attached hydrogens (tertiary/aromatic N) is 1. The number of hydrogen-bond donors (Lipinski definition) is 1. The molecule has 1 atom stereocenters. The third-order valence-electron chi connectivity index (χ3n) is 3.17. The Morgan fingerprint density at radius 1 is 1.47 bits per heavy atom. The van der Waals surface area contributed by atoms with Gasteiger partial charge in [-0.1, -0.05) is 18.6 Å². The van der Waals surface area contributed by atoms with Gasteiger partial charge in [-0.3, -0.25) is 4.98 Å². The van der Waals surface area contributed by atoms with Gasteiger partial charge < -0.3 is 5.32 Å². The molecule has 2 nitrogen and oxygen atoms in total. The van der Waals surface area contributed by atoms with Crippen LogP contribution in [0, 0.1) is 0 Å². The summed E-state index contributed by atoms with van der Waals surface area (Å²) in [7, 11) is 0. The first kappa shape index (κ1) is 12.8. The van der Waals surface area contributed by atoms with Gasteiger partial charge in [0.15, 0.2) is 0 Å². The Morgan fingerprint density at radius 3 is 3.00 bits per heavy atom. The van der Waals surface area contributed by atoms with E-state index in [2.05, 4.69) is 45.3 Å². The second-order valence-corrected chi connectivity index (χ2v) is 5.24. The maximum Gasteiger partial charge on any atom is 0.0756 e. The third-order valence-corrected chi connectivity index (χ3v) is 3.84. The van der Waals surface area contributed by atoms with Crippen LogP contribution in [0.25, 0.3) is 0 Å². The molecule has 0 aromatic carbocycles. The van der Waals surface area contributed by atoms with Gasteiger partial charge in [-0.05, 0) is 60.3 Å². The van der Waals surface area contributed by atoms with E-state index in [-0.39, 0.29) is 6.04 Å². The highest BCUT2D eigenvalue weighted by Gasteiger charge is 2.20. The molecule has 17 heavy (non-hydrogen) atoms. The molecule has 0 saturated carbocycles. The lowest BCUT2D eigenvalue weighted by Crippen LogP contribution is -2.25. The minimum Gasteiger partial charge on any atom is -0.305 e. The van der Waals surface area contributed by atoms with Gasteiger partial charge in [-0.15, -0.1) is 0 Å². The van der Waals surface area contributed by atoms with Crippen molar-refractivity contribution in [3.63, 3.8) is 0 Å². The number of halogens is 1. The molecule has 1 N–H and O–H groups in total. The highest BCUT2D eigenvalue weighted by atomic mass is 79.9. The summed E-state index contributed by atoms with van der Waals surface area (Å²) in [6, 6.07) is 4.30. The predicted molar refractivity (Wildman–Crippen MR) is 74.9 cm³/mol. The van der Waals surface area contributed by atoms with Crippen LogP contribution >= 0.6 is 15.9 Å². The van der Waals surface area contributed by atoms with E-state index in [1.807, 2.05) is 12.3 Å². The molecule has 1 heterocycles. The van der Waals surface area contributed by atoms with Crippen molar-refractivity contribution in [1.29, 1.82) is 0 Å². The summed E-state index contributed by atoms with van der Waals surface area (Å²) in [5.74, 6) is 0. The Morgan fingerprint density at radius 2 is 2.35 bits per heavy atom. The van der Waals surface area contributed by atoms with Crippen molar-refractivity contribution in [3.05, 3.63) is 40.1 Å². The van der Waals surface area contributed by atoms with Gasteiger partial charge in [0.2, 0.25) is 0 Å². The summed E-state index contributed by atoms with van der Waals surface area (Å²) in [5.41, 5.74) is 2.61. The monoisotopic (exact) mass is 294 g/mol. The largest absolute Gasteiger partial charge is 0.305 e. The van der Waals surface area contributed by atoms with E-state index in [4.69, 9.17) is 0 Å². The van der Waals surface area contributed by atoms with Crippen molar-refractivity contribution in [2.45, 2.75) is 38.6 Å². The molecule has 1 unspecified atom stereocenters. The smallest absolute Gasteiger partial charge is 0.0756 e. The van der Waals surface area contributed by atoms with Gasteiger partial charge in [-0.2, -0.15) is 0 Å². The van der Waals surface area contributed by atoms with Gasteiger partial charge in [-0.25, -0.2) is 0 Å². The SMILES string of the molecule is CCNC(C1=CCCCC1)c1ncccc1Br. The standard InChI is InChI=1S/C14H19BrN2/c1-2-16-13(11-7-4-3-5-8-11)14-12(15)9-6-10-17-14/h6-7,9-10,13,16H,2-5,8H2,1H3. The fraction of sp³-hybridized carbons (Fsp3) is 0.500. The molecule has 1 aromatic rings. The van der Waals surface area contributed by atoms with Gasteiger partial charge in [0.1, 0.15) is 0 Å². The van der Waals surface area contributed by atoms with Gasteiger partial charge in [0, 0.05) is 10.7 Å². The van der Waals surface area contributed by atoms with E-state index < -0.39 is 0 Å². The molecule has 0 bridgehead atoms. The fourth-order valence-corrected chi connectivity index (χ4v) is 2.83. The van der Waals surface area contributed by atoms with Crippen LogP contribution in [0.1, 0.15) is 44.3 Å². The minimum absolute atomic E-state index is 0.274. The van der Waals surface area contributed by atoms with E-state index in [1.165, 1.54) is 31.3 Å². The molecule has 92 valence electrons. The van der Waals surface area contributed by atoms with Crippen LogP contribution in [0.15, 0.2) is 34.5 Å². The average molecular weight is 295 g/mol. The van der Waals surface area contributed by atoms with Gasteiger partial charge in [0.25, 0.3) is 0 Å². The van der Waals surface area contributed by atoms with Crippen molar-refractivity contribution < 1.29 is 0 Å². The first-order valence-electron chi connectivity index (χ1n) is 6.35. The summed E-state index contributed by atoms with van der Waals surface area (Å²) in [5, 5.41) is 3.55. The third kappa shape index (κ3) is 3.17. The molecule has 2 rings (SSSR count). The molecule has 0 saturated heterocycles. The highest BCUT2D eigenvalue weighted by Crippen LogP contribution is 2.32. The molecular formula is C14H19BrN2. The zero-order valence-electron chi connectivity index (χ0n) is 10.2. The number of hydrogen-bond acceptors (Lipinski definition) is 2. The quantitative estimate of drug-likeness (QED) is 0.849. The van der Waals surface area contributed by atoms with Crippen molar-refractivity contribution in [3.8, 4) is 0 Å². The number of rotatable bonds is 4. The van der Waals surface area contributed by atoms with Crippen LogP contribution in [0.4, 0.5) is 0 Å². The number of pyridine rings is 1. The van der Waals surface area contributed by atoms with E-state index in [9.17, 15) is 0 Å². The maximum absolute atomic E-state index is 4.52. The Kier molecular flexibility index (Phi) is 4.75. The van der Waals surface area contributed by atoms with E-state index in [0.717, 1.165) is 16.7 Å². The van der Waals surface area contributed by atoms with Crippen LogP contribution in [0.3, 0.4) is 0 Å². The zero-order chi connectivity index (χ0) is 12.1. The normalized spacial score (nSPS) is 17.6. The Hall–Kier alpha value is -0.670. The summed E-state index contributed by atoms with van der Waals surface area (Å²) < 4.78 is 1.09. The summed E-state index contributed by atoms with van der Waals surface area (Å²) in [6.07, 6.45) is 9.29. The first-order valence-corrected chi connectivity index (χ1v) is 7.15. The topological polar surface area (TPSA) is 24.9 Å². The predicted octanol–water partition coefficient (Wildman–Crippen LogP) is 4.00. The van der Waals surface area contributed by atoms with Crippen molar-refractivity contribution in [2.75, 3.05) is 6.54 Å². The summed E-state index contributed by atoms with van der Waals surface area (Å²) in [4.78, 5) is 4.52. The summed E-state index contributed by atoms with van der Waals surface area (Å²) in [6.45, 7) is 3.11. The molecule has 1 aliphatic carbocycles. The molecule has 0 radical (unpaired) electrons. The molecule has 1 aliphatic rings. The lowest BCUT2D eigenvalue weighted by atomic mass is 9.92. The fourth-order valence-electron chi connectivity index (χ4n) is 2.34. The molecule has 0 amide bonds. The maximum atomic E-state index is 4.52. The Balaban J connectivity index is 2.28. The lowest BCUT2D eigenvalue weighted by Gasteiger charge is -2.24. The average Bonchev–Trinajstić information content (AvgIpc) is 2.38. The lowest BCUT2D eigenvalue weighted by molar-refractivity contribution is 0.552. The Bertz CT molecular complexity index is 401. The Labute approximate surface area is 112 Å². The second kappa shape index (κ2) is 6.31. The highest BCUT2D eigenvalue weighted by molar-refractivity contribution is 9.10. The molecule has 3 heteroatoms.